The van der Waals surface area contributed by atoms with Gasteiger partial charge >= 0.3 is 6.09 Å². The first-order chi connectivity index (χ1) is 10.8. The second kappa shape index (κ2) is 7.34. The van der Waals surface area contributed by atoms with E-state index < -0.39 is 11.7 Å². The number of alkyl carbamates (subject to hydrolysis) is 1. The van der Waals surface area contributed by atoms with Gasteiger partial charge in [-0.15, -0.1) is 0 Å². The fourth-order valence-electron chi connectivity index (χ4n) is 2.41. The van der Waals surface area contributed by atoms with Crippen LogP contribution < -0.4 is 5.32 Å². The molecule has 6 heteroatoms. The van der Waals surface area contributed by atoms with Crippen LogP contribution >= 0.6 is 15.9 Å². The largest absolute Gasteiger partial charge is 0.444 e. The van der Waals surface area contributed by atoms with Crippen LogP contribution in [0.5, 0.6) is 0 Å². The molecule has 1 atom stereocenters. The van der Waals surface area contributed by atoms with Crippen molar-refractivity contribution in [2.24, 2.45) is 0 Å². The van der Waals surface area contributed by atoms with Crippen LogP contribution in [0.4, 0.5) is 4.79 Å². The highest BCUT2D eigenvalue weighted by atomic mass is 79.9. The number of carbonyl (C=O) groups is 1. The fraction of sp³-hybridized carbons (Fsp3) is 0.529. The quantitative estimate of drug-likeness (QED) is 0.770. The Bertz CT molecular complexity index is 676. The number of halogens is 1. The van der Waals surface area contributed by atoms with Crippen LogP contribution in [-0.4, -0.2) is 33.3 Å². The molecule has 0 aliphatic carbocycles. The summed E-state index contributed by atoms with van der Waals surface area (Å²) in [5.74, 6) is 0. The van der Waals surface area contributed by atoms with Crippen molar-refractivity contribution >= 4 is 32.9 Å². The van der Waals surface area contributed by atoms with Crippen LogP contribution in [0.1, 0.15) is 39.0 Å². The first kappa shape index (κ1) is 17.8. The zero-order chi connectivity index (χ0) is 17.0. The molecule has 5 nitrogen and oxygen atoms in total. The number of nitrogens with zero attached hydrogens (tertiary/aromatic N) is 1. The molecule has 1 aromatic heterocycles. The lowest BCUT2D eigenvalue weighted by molar-refractivity contribution is 0.0510. The average Bonchev–Trinajstić information content (AvgIpc) is 2.86. The number of nitrogens with one attached hydrogen (secondary N) is 2. The number of rotatable bonds is 5. The highest BCUT2D eigenvalue weighted by Gasteiger charge is 2.19. The Morgan fingerprint density at radius 2 is 2.17 bits per heavy atom. The van der Waals surface area contributed by atoms with Crippen LogP contribution in [0.15, 0.2) is 18.2 Å². The van der Waals surface area contributed by atoms with Crippen LogP contribution in [-0.2, 0) is 17.6 Å². The van der Waals surface area contributed by atoms with E-state index in [1.807, 2.05) is 20.8 Å². The molecular formula is C17H24BrN3O2. The lowest BCUT2D eigenvalue weighted by Crippen LogP contribution is -2.41. The van der Waals surface area contributed by atoms with Gasteiger partial charge in [-0.3, -0.25) is 5.10 Å². The lowest BCUT2D eigenvalue weighted by Gasteiger charge is -2.22. The smallest absolute Gasteiger partial charge is 0.407 e. The number of amides is 1. The molecule has 0 aliphatic heterocycles. The molecule has 2 rings (SSSR count). The number of alkyl halides is 1. The minimum absolute atomic E-state index is 0.0353. The highest BCUT2D eigenvalue weighted by Crippen LogP contribution is 2.19. The van der Waals surface area contributed by atoms with Crippen molar-refractivity contribution in [3.8, 4) is 0 Å². The van der Waals surface area contributed by atoms with E-state index in [1.165, 1.54) is 0 Å². The standard InChI is InChI=1S/C17H24BrN3O2/c1-5-14-13-7-6-11(9-15(13)21-20-14)8-12(10-18)19-16(22)23-17(2,3)4/h6-7,9,12H,5,8,10H2,1-4H3,(H,19,22)(H,20,21). The maximum atomic E-state index is 11.9. The third-order valence-electron chi connectivity index (χ3n) is 3.44. The molecule has 1 amide bonds. The Balaban J connectivity index is 2.05. The van der Waals surface area contributed by atoms with Gasteiger partial charge in [0.15, 0.2) is 0 Å². The van der Waals surface area contributed by atoms with E-state index in [9.17, 15) is 4.79 Å². The summed E-state index contributed by atoms with van der Waals surface area (Å²) < 4.78 is 5.31. The molecule has 1 heterocycles. The molecule has 2 N–H and O–H groups in total. The number of aromatic amines is 1. The molecule has 0 saturated heterocycles. The van der Waals surface area contributed by atoms with Gasteiger partial charge in [0, 0.05) is 22.5 Å². The Labute approximate surface area is 145 Å². The Morgan fingerprint density at radius 1 is 1.43 bits per heavy atom. The number of hydrogen-bond acceptors (Lipinski definition) is 3. The third-order valence-corrected chi connectivity index (χ3v) is 4.22. The van der Waals surface area contributed by atoms with E-state index in [4.69, 9.17) is 4.74 Å². The molecule has 1 unspecified atom stereocenters. The Hall–Kier alpha value is -1.56. The number of H-pyrrole nitrogens is 1. The maximum absolute atomic E-state index is 11.9. The van der Waals surface area contributed by atoms with Crippen molar-refractivity contribution in [1.82, 2.24) is 15.5 Å². The molecule has 0 saturated carbocycles. The summed E-state index contributed by atoms with van der Waals surface area (Å²) >= 11 is 3.45. The van der Waals surface area contributed by atoms with E-state index >= 15 is 0 Å². The summed E-state index contributed by atoms with van der Waals surface area (Å²) in [7, 11) is 0. The SMILES string of the molecule is CCc1[nH]nc2cc(CC(CBr)NC(=O)OC(C)(C)C)ccc12. The summed E-state index contributed by atoms with van der Waals surface area (Å²) in [4.78, 5) is 11.9. The van der Waals surface area contributed by atoms with Gasteiger partial charge in [-0.05, 0) is 45.2 Å². The number of ether oxygens (including phenoxy) is 1. The van der Waals surface area contributed by atoms with E-state index in [0.29, 0.717) is 5.33 Å². The molecule has 2 aromatic rings. The van der Waals surface area contributed by atoms with Crippen LogP contribution in [0.25, 0.3) is 10.9 Å². The maximum Gasteiger partial charge on any atom is 0.407 e. The van der Waals surface area contributed by atoms with Crippen molar-refractivity contribution in [2.45, 2.75) is 52.2 Å². The fourth-order valence-corrected chi connectivity index (χ4v) is 2.80. The molecule has 0 spiro atoms. The normalized spacial score (nSPS) is 13.1. The molecule has 1 aromatic carbocycles. The van der Waals surface area contributed by atoms with Crippen LogP contribution in [0.3, 0.4) is 0 Å². The molecular weight excluding hydrogens is 358 g/mol. The molecule has 0 radical (unpaired) electrons. The van der Waals surface area contributed by atoms with Crippen molar-refractivity contribution in [2.75, 3.05) is 5.33 Å². The molecule has 23 heavy (non-hydrogen) atoms. The van der Waals surface area contributed by atoms with Gasteiger partial charge in [-0.2, -0.15) is 5.10 Å². The zero-order valence-corrected chi connectivity index (χ0v) is 15.7. The first-order valence-corrected chi connectivity index (χ1v) is 8.96. The van der Waals surface area contributed by atoms with Gasteiger partial charge in [-0.25, -0.2) is 4.79 Å². The van der Waals surface area contributed by atoms with Gasteiger partial charge < -0.3 is 10.1 Å². The van der Waals surface area contributed by atoms with Gasteiger partial charge in [-0.1, -0.05) is 35.0 Å². The second-order valence-electron chi connectivity index (χ2n) is 6.61. The van der Waals surface area contributed by atoms with Gasteiger partial charge in [0.1, 0.15) is 5.60 Å². The number of carbonyl (C=O) groups excluding carboxylic acids is 1. The number of aromatic nitrogens is 2. The minimum Gasteiger partial charge on any atom is -0.444 e. The summed E-state index contributed by atoms with van der Waals surface area (Å²) in [5, 5.41) is 12.1. The third kappa shape index (κ3) is 4.96. The number of hydrogen-bond donors (Lipinski definition) is 2. The molecule has 126 valence electrons. The monoisotopic (exact) mass is 381 g/mol. The van der Waals surface area contributed by atoms with Crippen molar-refractivity contribution < 1.29 is 9.53 Å². The number of fused-ring (bicyclic) bond motifs is 1. The summed E-state index contributed by atoms with van der Waals surface area (Å²) in [6.45, 7) is 7.66. The van der Waals surface area contributed by atoms with Crippen molar-refractivity contribution in [1.29, 1.82) is 0 Å². The predicted molar refractivity (Wildman–Crippen MR) is 96.1 cm³/mol. The first-order valence-electron chi connectivity index (χ1n) is 7.83. The summed E-state index contributed by atoms with van der Waals surface area (Å²) in [5.41, 5.74) is 2.75. The highest BCUT2D eigenvalue weighted by molar-refractivity contribution is 9.09. The second-order valence-corrected chi connectivity index (χ2v) is 7.26. The summed E-state index contributed by atoms with van der Waals surface area (Å²) in [6, 6.07) is 6.21. The van der Waals surface area contributed by atoms with Crippen molar-refractivity contribution in [3.05, 3.63) is 29.5 Å². The van der Waals surface area contributed by atoms with E-state index in [-0.39, 0.29) is 6.04 Å². The van der Waals surface area contributed by atoms with Gasteiger partial charge in [0.05, 0.1) is 5.52 Å². The summed E-state index contributed by atoms with van der Waals surface area (Å²) in [6.07, 6.45) is 1.26. The Morgan fingerprint density at radius 3 is 2.78 bits per heavy atom. The van der Waals surface area contributed by atoms with E-state index in [2.05, 4.69) is 56.6 Å². The van der Waals surface area contributed by atoms with E-state index in [1.54, 1.807) is 0 Å². The van der Waals surface area contributed by atoms with Crippen molar-refractivity contribution in [3.63, 3.8) is 0 Å². The predicted octanol–water partition coefficient (Wildman–Crippen LogP) is 3.96. The average molecular weight is 382 g/mol. The molecule has 0 aliphatic rings. The van der Waals surface area contributed by atoms with Gasteiger partial charge in [0.25, 0.3) is 0 Å². The van der Waals surface area contributed by atoms with Crippen LogP contribution in [0, 0.1) is 0 Å². The van der Waals surface area contributed by atoms with Crippen LogP contribution in [0.2, 0.25) is 0 Å². The topological polar surface area (TPSA) is 67.0 Å². The molecule has 0 bridgehead atoms. The molecule has 0 fully saturated rings. The van der Waals surface area contributed by atoms with Gasteiger partial charge in [0.2, 0.25) is 0 Å². The number of aryl methyl sites for hydroxylation is 1. The lowest BCUT2D eigenvalue weighted by atomic mass is 10.0. The number of benzene rings is 1. The Kier molecular flexibility index (Phi) is 5.68. The van der Waals surface area contributed by atoms with E-state index in [0.717, 1.165) is 35.0 Å². The minimum atomic E-state index is -0.495. The zero-order valence-electron chi connectivity index (χ0n) is 14.1.